The van der Waals surface area contributed by atoms with Crippen LogP contribution in [0.4, 0.5) is 5.69 Å². The first-order valence-electron chi connectivity index (χ1n) is 14.6. The minimum atomic E-state index is -3.81. The lowest BCUT2D eigenvalue weighted by Crippen LogP contribution is -2.30. The van der Waals surface area contributed by atoms with E-state index in [1.54, 1.807) is 12.1 Å². The summed E-state index contributed by atoms with van der Waals surface area (Å²) in [4.78, 5) is 17.3. The zero-order valence-corrected chi connectivity index (χ0v) is 26.4. The summed E-state index contributed by atoms with van der Waals surface area (Å²) < 4.78 is 30.6. The Bertz CT molecular complexity index is 1460. The second-order valence-electron chi connectivity index (χ2n) is 10.3. The second-order valence-corrected chi connectivity index (χ2v) is 13.4. The van der Waals surface area contributed by atoms with Crippen LogP contribution in [0.1, 0.15) is 71.1 Å². The van der Waals surface area contributed by atoms with E-state index in [0.29, 0.717) is 34.7 Å². The van der Waals surface area contributed by atoms with Gasteiger partial charge in [0.2, 0.25) is 5.91 Å². The molecule has 0 atom stereocenters. The van der Waals surface area contributed by atoms with Crippen molar-refractivity contribution in [2.45, 2.75) is 87.7 Å². The molecular weight excluding hydrogens is 592 g/mol. The molecule has 226 valence electrons. The number of benzene rings is 2. The molecule has 4 rings (SSSR count). The molecule has 1 aromatic heterocycles. The molecule has 2 aromatic carbocycles. The number of thioether (sulfide) groups is 1. The maximum absolute atomic E-state index is 13.0. The molecule has 1 aliphatic heterocycles. The number of amidine groups is 1. The van der Waals surface area contributed by atoms with E-state index >= 15 is 0 Å². The Kier molecular flexibility index (Phi) is 12.3. The maximum Gasteiger partial charge on any atom is 0.262 e. The number of amides is 1. The van der Waals surface area contributed by atoms with Gasteiger partial charge in [0.15, 0.2) is 11.0 Å². The molecule has 1 amide bonds. The van der Waals surface area contributed by atoms with Gasteiger partial charge in [-0.15, -0.1) is 10.2 Å². The van der Waals surface area contributed by atoms with Crippen molar-refractivity contribution in [2.75, 3.05) is 17.6 Å². The minimum absolute atomic E-state index is 0.0752. The lowest BCUT2D eigenvalue weighted by atomic mass is 10.1. The predicted molar refractivity (Wildman–Crippen MR) is 171 cm³/mol. The van der Waals surface area contributed by atoms with Crippen molar-refractivity contribution in [3.63, 3.8) is 0 Å². The lowest BCUT2D eigenvalue weighted by Gasteiger charge is -2.12. The number of anilines is 1. The molecule has 0 fully saturated rings. The summed E-state index contributed by atoms with van der Waals surface area (Å²) in [6.45, 7) is 3.58. The fourth-order valence-corrected chi connectivity index (χ4v) is 6.72. The molecular formula is C30H39ClN6O3S2. The van der Waals surface area contributed by atoms with Crippen LogP contribution in [0.5, 0.6) is 0 Å². The zero-order valence-electron chi connectivity index (χ0n) is 24.0. The highest BCUT2D eigenvalue weighted by atomic mass is 35.5. The molecule has 0 saturated carbocycles. The Hall–Kier alpha value is -2.89. The number of aliphatic imine (C=N–C) groups is 1. The molecule has 12 heteroatoms. The van der Waals surface area contributed by atoms with Crippen molar-refractivity contribution in [2.24, 2.45) is 4.99 Å². The molecule has 1 aliphatic rings. The second kappa shape index (κ2) is 16.1. The van der Waals surface area contributed by atoms with E-state index in [-0.39, 0.29) is 16.6 Å². The molecule has 2 N–H and O–H groups in total. The molecule has 0 bridgehead atoms. The summed E-state index contributed by atoms with van der Waals surface area (Å²) in [5.74, 6) is 1.06. The SMILES string of the molecule is CCCCCCCCn1c(SCC(=O)Nc2cccc(S(=O)(=O)NC3=NCCCCC3)c2)nnc1-c1ccc(Cl)cc1. The normalized spacial score (nSPS) is 13.8. The van der Waals surface area contributed by atoms with Crippen LogP contribution in [0.25, 0.3) is 11.4 Å². The fraction of sp³-hybridized carbons (Fsp3) is 0.467. The van der Waals surface area contributed by atoms with Gasteiger partial charge >= 0.3 is 0 Å². The van der Waals surface area contributed by atoms with Crippen LogP contribution in [0, 0.1) is 0 Å². The monoisotopic (exact) mass is 630 g/mol. The number of nitrogens with one attached hydrogen (secondary N) is 2. The Balaban J connectivity index is 1.39. The van der Waals surface area contributed by atoms with Crippen LogP contribution in [-0.4, -0.2) is 47.2 Å². The Labute approximate surface area is 258 Å². The number of aromatic nitrogens is 3. The van der Waals surface area contributed by atoms with Gasteiger partial charge in [-0.25, -0.2) is 8.42 Å². The number of unbranched alkanes of at least 4 members (excludes halogenated alkanes) is 5. The number of carbonyl (C=O) groups is 1. The van der Waals surface area contributed by atoms with Crippen LogP contribution < -0.4 is 10.0 Å². The molecule has 0 spiro atoms. The Morgan fingerprint density at radius 3 is 2.60 bits per heavy atom. The third kappa shape index (κ3) is 9.57. The first-order chi connectivity index (χ1) is 20.4. The van der Waals surface area contributed by atoms with E-state index in [4.69, 9.17) is 11.6 Å². The van der Waals surface area contributed by atoms with Gasteiger partial charge in [0.1, 0.15) is 5.84 Å². The van der Waals surface area contributed by atoms with Gasteiger partial charge < -0.3 is 9.88 Å². The smallest absolute Gasteiger partial charge is 0.262 e. The summed E-state index contributed by atoms with van der Waals surface area (Å²) in [5, 5.41) is 13.0. The largest absolute Gasteiger partial charge is 0.325 e. The highest BCUT2D eigenvalue weighted by molar-refractivity contribution is 7.99. The van der Waals surface area contributed by atoms with Gasteiger partial charge in [-0.3, -0.25) is 14.5 Å². The maximum atomic E-state index is 13.0. The number of carbonyl (C=O) groups excluding carboxylic acids is 1. The molecule has 0 saturated heterocycles. The van der Waals surface area contributed by atoms with Gasteiger partial charge in [0, 0.05) is 35.8 Å². The predicted octanol–water partition coefficient (Wildman–Crippen LogP) is 6.94. The molecule has 0 aliphatic carbocycles. The van der Waals surface area contributed by atoms with E-state index in [0.717, 1.165) is 50.0 Å². The quantitative estimate of drug-likeness (QED) is 0.147. The fourth-order valence-electron chi connectivity index (χ4n) is 4.70. The summed E-state index contributed by atoms with van der Waals surface area (Å²) in [5.41, 5.74) is 1.32. The van der Waals surface area contributed by atoms with Crippen molar-refractivity contribution in [3.8, 4) is 11.4 Å². The molecule has 9 nitrogen and oxygen atoms in total. The van der Waals surface area contributed by atoms with Crippen molar-refractivity contribution in [1.82, 2.24) is 19.5 Å². The van der Waals surface area contributed by atoms with Gasteiger partial charge in [0.25, 0.3) is 10.0 Å². The Morgan fingerprint density at radius 2 is 1.79 bits per heavy atom. The lowest BCUT2D eigenvalue weighted by molar-refractivity contribution is -0.113. The number of hydrogen-bond acceptors (Lipinski definition) is 7. The zero-order chi connectivity index (χ0) is 29.8. The van der Waals surface area contributed by atoms with E-state index in [2.05, 4.69) is 36.7 Å². The molecule has 42 heavy (non-hydrogen) atoms. The Morgan fingerprint density at radius 1 is 1.00 bits per heavy atom. The highest BCUT2D eigenvalue weighted by Gasteiger charge is 2.19. The summed E-state index contributed by atoms with van der Waals surface area (Å²) in [6, 6.07) is 13.7. The van der Waals surface area contributed by atoms with E-state index in [1.807, 2.05) is 24.3 Å². The van der Waals surface area contributed by atoms with Crippen molar-refractivity contribution in [3.05, 3.63) is 53.6 Å². The molecule has 3 aromatic rings. The number of hydrogen-bond donors (Lipinski definition) is 2. The van der Waals surface area contributed by atoms with Crippen LogP contribution >= 0.6 is 23.4 Å². The van der Waals surface area contributed by atoms with Crippen LogP contribution in [0.3, 0.4) is 0 Å². The van der Waals surface area contributed by atoms with Crippen LogP contribution in [0.15, 0.2) is 63.6 Å². The standard InChI is InChI=1S/C30H39ClN6O3S2/c1-2-3-4-5-6-10-20-37-29(23-15-17-24(31)18-16-23)34-35-30(37)41-22-28(38)33-25-12-11-13-26(21-25)42(39,40)36-27-14-8-7-9-19-32-27/h11-13,15-18,21H,2-10,14,19-20,22H2,1H3,(H,32,36)(H,33,38). The topological polar surface area (TPSA) is 118 Å². The first-order valence-corrected chi connectivity index (χ1v) is 17.5. The van der Waals surface area contributed by atoms with E-state index in [9.17, 15) is 13.2 Å². The summed E-state index contributed by atoms with van der Waals surface area (Å²) in [7, 11) is -3.81. The number of halogens is 1. The van der Waals surface area contributed by atoms with Gasteiger partial charge in [-0.2, -0.15) is 0 Å². The van der Waals surface area contributed by atoms with Gasteiger partial charge in [0.05, 0.1) is 10.6 Å². The van der Waals surface area contributed by atoms with Gasteiger partial charge in [-0.1, -0.05) is 74.9 Å². The summed E-state index contributed by atoms with van der Waals surface area (Å²) >= 11 is 7.40. The van der Waals surface area contributed by atoms with Crippen LogP contribution in [0.2, 0.25) is 5.02 Å². The number of sulfonamides is 1. The van der Waals surface area contributed by atoms with Crippen molar-refractivity contribution in [1.29, 1.82) is 0 Å². The minimum Gasteiger partial charge on any atom is -0.325 e. The highest BCUT2D eigenvalue weighted by Crippen LogP contribution is 2.26. The average Bonchev–Trinajstić information content (AvgIpc) is 3.20. The van der Waals surface area contributed by atoms with Gasteiger partial charge in [-0.05, 0) is 61.7 Å². The molecule has 2 heterocycles. The molecule has 0 unspecified atom stereocenters. The third-order valence-electron chi connectivity index (χ3n) is 6.94. The first kappa shape index (κ1) is 32.0. The summed E-state index contributed by atoms with van der Waals surface area (Å²) in [6.07, 6.45) is 10.5. The van der Waals surface area contributed by atoms with Crippen LogP contribution in [-0.2, 0) is 21.4 Å². The van der Waals surface area contributed by atoms with Crippen molar-refractivity contribution >= 4 is 50.8 Å². The number of nitrogens with zero attached hydrogens (tertiary/aromatic N) is 4. The van der Waals surface area contributed by atoms with E-state index < -0.39 is 10.0 Å². The van der Waals surface area contributed by atoms with Crippen molar-refractivity contribution < 1.29 is 13.2 Å². The van der Waals surface area contributed by atoms with E-state index in [1.165, 1.54) is 49.6 Å². The molecule has 0 radical (unpaired) electrons. The average molecular weight is 631 g/mol. The number of rotatable bonds is 14. The third-order valence-corrected chi connectivity index (χ3v) is 9.54.